The number of hydrazone groups is 1. The largest absolute Gasteiger partial charge is 0.378 e. The molecular formula is C14H19N5O2. The predicted octanol–water partition coefficient (Wildman–Crippen LogP) is -0.0141. The molecule has 0 saturated carbocycles. The van der Waals surface area contributed by atoms with E-state index in [1.807, 2.05) is 43.3 Å². The van der Waals surface area contributed by atoms with Crippen molar-refractivity contribution in [2.45, 2.75) is 18.9 Å². The van der Waals surface area contributed by atoms with Gasteiger partial charge in [-0.2, -0.15) is 5.10 Å². The van der Waals surface area contributed by atoms with Crippen LogP contribution in [0.1, 0.15) is 18.4 Å². The molecule has 1 saturated heterocycles. The van der Waals surface area contributed by atoms with Gasteiger partial charge in [-0.25, -0.2) is 10.9 Å². The second-order valence-corrected chi connectivity index (χ2v) is 5.00. The number of nitrogens with zero attached hydrogens (tertiary/aromatic N) is 2. The zero-order valence-corrected chi connectivity index (χ0v) is 12.1. The lowest BCUT2D eigenvalue weighted by atomic mass is 10.1. The Bertz CT molecular complexity index is 529. The van der Waals surface area contributed by atoms with Crippen LogP contribution in [0.2, 0.25) is 0 Å². The Morgan fingerprint density at radius 1 is 1.38 bits per heavy atom. The van der Waals surface area contributed by atoms with Crippen LogP contribution in [0, 0.1) is 0 Å². The summed E-state index contributed by atoms with van der Waals surface area (Å²) in [5.41, 5.74) is 9.53. The van der Waals surface area contributed by atoms with Crippen molar-refractivity contribution in [1.29, 1.82) is 0 Å². The summed E-state index contributed by atoms with van der Waals surface area (Å²) in [6.07, 6.45) is 2.38. The number of hydrogen-bond donors (Lipinski definition) is 3. The minimum Gasteiger partial charge on any atom is -0.378 e. The van der Waals surface area contributed by atoms with Crippen LogP contribution in [0.4, 0.5) is 5.69 Å². The summed E-state index contributed by atoms with van der Waals surface area (Å²) in [7, 11) is 3.94. The van der Waals surface area contributed by atoms with E-state index < -0.39 is 6.04 Å². The number of rotatable bonds is 4. The highest BCUT2D eigenvalue weighted by Crippen LogP contribution is 2.10. The second-order valence-electron chi connectivity index (χ2n) is 5.00. The average Bonchev–Trinajstić information content (AvgIpc) is 2.48. The van der Waals surface area contributed by atoms with Crippen LogP contribution in [0.25, 0.3) is 0 Å². The van der Waals surface area contributed by atoms with Gasteiger partial charge in [0.25, 0.3) is 5.91 Å². The third-order valence-electron chi connectivity index (χ3n) is 3.16. The number of carbonyl (C=O) groups is 2. The van der Waals surface area contributed by atoms with Gasteiger partial charge in [-0.15, -0.1) is 0 Å². The van der Waals surface area contributed by atoms with Gasteiger partial charge in [0.05, 0.1) is 6.21 Å². The molecule has 1 fully saturated rings. The van der Waals surface area contributed by atoms with Gasteiger partial charge in [-0.1, -0.05) is 12.1 Å². The van der Waals surface area contributed by atoms with E-state index in [9.17, 15) is 9.59 Å². The summed E-state index contributed by atoms with van der Waals surface area (Å²) in [4.78, 5) is 24.8. The molecule has 7 heteroatoms. The Morgan fingerprint density at radius 3 is 2.67 bits per heavy atom. The molecule has 0 aliphatic carbocycles. The fourth-order valence-corrected chi connectivity index (χ4v) is 1.88. The van der Waals surface area contributed by atoms with Crippen LogP contribution >= 0.6 is 0 Å². The van der Waals surface area contributed by atoms with Crippen LogP contribution < -0.4 is 21.2 Å². The monoisotopic (exact) mass is 289 g/mol. The number of anilines is 1. The van der Waals surface area contributed by atoms with E-state index in [2.05, 4.69) is 21.4 Å². The highest BCUT2D eigenvalue weighted by molar-refractivity contribution is 5.87. The molecule has 3 N–H and O–H groups in total. The standard InChI is InChI=1S/C14H19N5O2/c1-19(2)11-5-3-10(4-6-11)9-15-18-14(21)12-7-8-13(20)17-16-12/h3-6,9,12,16H,7-8H2,1-2H3,(H,17,20)(H,18,21)/b15-9+. The minimum absolute atomic E-state index is 0.108. The maximum absolute atomic E-state index is 11.8. The van der Waals surface area contributed by atoms with E-state index in [1.165, 1.54) is 0 Å². The predicted molar refractivity (Wildman–Crippen MR) is 80.8 cm³/mol. The maximum Gasteiger partial charge on any atom is 0.259 e. The highest BCUT2D eigenvalue weighted by atomic mass is 16.2. The van der Waals surface area contributed by atoms with Crippen molar-refractivity contribution in [3.63, 3.8) is 0 Å². The van der Waals surface area contributed by atoms with Crippen molar-refractivity contribution >= 4 is 23.7 Å². The van der Waals surface area contributed by atoms with Gasteiger partial charge >= 0.3 is 0 Å². The van der Waals surface area contributed by atoms with Crippen molar-refractivity contribution in [2.24, 2.45) is 5.10 Å². The molecule has 1 aliphatic heterocycles. The van der Waals surface area contributed by atoms with Crippen LogP contribution in [0.3, 0.4) is 0 Å². The van der Waals surface area contributed by atoms with Crippen molar-refractivity contribution in [2.75, 3.05) is 19.0 Å². The fraction of sp³-hybridized carbons (Fsp3) is 0.357. The van der Waals surface area contributed by atoms with Crippen molar-refractivity contribution < 1.29 is 9.59 Å². The van der Waals surface area contributed by atoms with Gasteiger partial charge in [0, 0.05) is 26.2 Å². The minimum atomic E-state index is -0.448. The SMILES string of the molecule is CN(C)c1ccc(/C=N/NC(=O)C2CCC(=O)NN2)cc1. The number of amides is 2. The lowest BCUT2D eigenvalue weighted by Gasteiger charge is -2.21. The molecule has 1 aromatic carbocycles. The molecule has 21 heavy (non-hydrogen) atoms. The van der Waals surface area contributed by atoms with E-state index in [0.717, 1.165) is 11.3 Å². The molecule has 1 aromatic rings. The third kappa shape index (κ3) is 4.28. The molecule has 1 aliphatic rings. The van der Waals surface area contributed by atoms with E-state index in [-0.39, 0.29) is 11.8 Å². The first kappa shape index (κ1) is 15.0. The van der Waals surface area contributed by atoms with Crippen LogP contribution in [-0.4, -0.2) is 38.2 Å². The van der Waals surface area contributed by atoms with E-state index >= 15 is 0 Å². The Balaban J connectivity index is 1.84. The van der Waals surface area contributed by atoms with Crippen LogP contribution in [0.5, 0.6) is 0 Å². The summed E-state index contributed by atoms with van der Waals surface area (Å²) in [5.74, 6) is -0.375. The zero-order valence-electron chi connectivity index (χ0n) is 12.1. The number of nitrogens with one attached hydrogen (secondary N) is 3. The van der Waals surface area contributed by atoms with E-state index in [4.69, 9.17) is 0 Å². The fourth-order valence-electron chi connectivity index (χ4n) is 1.88. The Hall–Kier alpha value is -2.41. The summed E-state index contributed by atoms with van der Waals surface area (Å²) in [6.45, 7) is 0. The number of benzene rings is 1. The summed E-state index contributed by atoms with van der Waals surface area (Å²) >= 11 is 0. The molecule has 1 unspecified atom stereocenters. The first-order valence-electron chi connectivity index (χ1n) is 6.71. The molecule has 2 rings (SSSR count). The molecule has 0 radical (unpaired) electrons. The summed E-state index contributed by atoms with van der Waals surface area (Å²) in [6, 6.07) is 7.34. The zero-order chi connectivity index (χ0) is 15.2. The average molecular weight is 289 g/mol. The quantitative estimate of drug-likeness (QED) is 0.537. The molecule has 112 valence electrons. The summed E-state index contributed by atoms with van der Waals surface area (Å²) in [5, 5.41) is 3.92. The number of hydrogen-bond acceptors (Lipinski definition) is 5. The molecule has 0 bridgehead atoms. The topological polar surface area (TPSA) is 85.8 Å². The van der Waals surface area contributed by atoms with Crippen LogP contribution in [0.15, 0.2) is 29.4 Å². The number of carbonyl (C=O) groups excluding carboxylic acids is 2. The Kier molecular flexibility index (Phi) is 4.89. The Morgan fingerprint density at radius 2 is 2.10 bits per heavy atom. The van der Waals surface area contributed by atoms with Crippen LogP contribution in [-0.2, 0) is 9.59 Å². The van der Waals surface area contributed by atoms with E-state index in [1.54, 1.807) is 6.21 Å². The molecule has 7 nitrogen and oxygen atoms in total. The normalized spacial score (nSPS) is 18.4. The smallest absolute Gasteiger partial charge is 0.259 e. The van der Waals surface area contributed by atoms with Gasteiger partial charge in [0.2, 0.25) is 5.91 Å². The molecule has 0 spiro atoms. The van der Waals surface area contributed by atoms with Gasteiger partial charge in [-0.05, 0) is 24.1 Å². The molecule has 2 amide bonds. The van der Waals surface area contributed by atoms with Gasteiger partial charge in [0.15, 0.2) is 0 Å². The van der Waals surface area contributed by atoms with E-state index in [0.29, 0.717) is 12.8 Å². The first-order valence-corrected chi connectivity index (χ1v) is 6.71. The first-order chi connectivity index (χ1) is 10.1. The van der Waals surface area contributed by atoms with Crippen molar-refractivity contribution in [3.8, 4) is 0 Å². The van der Waals surface area contributed by atoms with Crippen molar-refractivity contribution in [1.82, 2.24) is 16.3 Å². The lowest BCUT2D eigenvalue weighted by molar-refractivity contribution is -0.128. The molecule has 1 heterocycles. The number of hydrazine groups is 1. The maximum atomic E-state index is 11.8. The van der Waals surface area contributed by atoms with Gasteiger partial charge in [-0.3, -0.25) is 15.0 Å². The highest BCUT2D eigenvalue weighted by Gasteiger charge is 2.23. The third-order valence-corrected chi connectivity index (χ3v) is 3.16. The lowest BCUT2D eigenvalue weighted by Crippen LogP contribution is -2.54. The van der Waals surface area contributed by atoms with Gasteiger partial charge in [0.1, 0.15) is 6.04 Å². The molecule has 0 aromatic heterocycles. The molecule has 1 atom stereocenters. The molecular weight excluding hydrogens is 270 g/mol. The van der Waals surface area contributed by atoms with Gasteiger partial charge < -0.3 is 4.90 Å². The Labute approximate surface area is 123 Å². The van der Waals surface area contributed by atoms with Crippen molar-refractivity contribution in [3.05, 3.63) is 29.8 Å². The summed E-state index contributed by atoms with van der Waals surface area (Å²) < 4.78 is 0. The second kappa shape index (κ2) is 6.85.